The lowest BCUT2D eigenvalue weighted by Crippen LogP contribution is -2.45. The number of hydrogen-bond acceptors (Lipinski definition) is 5. The van der Waals surface area contributed by atoms with Gasteiger partial charge in [-0.2, -0.15) is 0 Å². The first-order valence-electron chi connectivity index (χ1n) is 5.47. The lowest BCUT2D eigenvalue weighted by Gasteiger charge is -2.25. The SMILES string of the molecule is CC(C)(CO)C(N)C(=O)O.CC(C)C(O)C(=O)O. The van der Waals surface area contributed by atoms with E-state index in [-0.39, 0.29) is 12.5 Å². The van der Waals surface area contributed by atoms with Crippen LogP contribution in [0, 0.1) is 11.3 Å². The van der Waals surface area contributed by atoms with Crippen LogP contribution in [0.5, 0.6) is 0 Å². The Morgan fingerprint density at radius 1 is 1.17 bits per heavy atom. The van der Waals surface area contributed by atoms with Gasteiger partial charge in [0.1, 0.15) is 6.04 Å². The van der Waals surface area contributed by atoms with Crippen LogP contribution in [0.15, 0.2) is 0 Å². The van der Waals surface area contributed by atoms with Crippen LogP contribution < -0.4 is 5.73 Å². The minimum Gasteiger partial charge on any atom is -0.480 e. The van der Waals surface area contributed by atoms with Crippen LogP contribution >= 0.6 is 0 Å². The number of carbonyl (C=O) groups is 2. The Morgan fingerprint density at radius 3 is 1.61 bits per heavy atom. The van der Waals surface area contributed by atoms with Crippen LogP contribution in [0.1, 0.15) is 27.7 Å². The zero-order valence-corrected chi connectivity index (χ0v) is 11.1. The second kappa shape index (κ2) is 8.02. The smallest absolute Gasteiger partial charge is 0.332 e. The first-order valence-corrected chi connectivity index (χ1v) is 5.47. The molecule has 0 aromatic carbocycles. The zero-order chi connectivity index (χ0) is 15.1. The fourth-order valence-corrected chi connectivity index (χ4v) is 0.718. The molecule has 0 aromatic heterocycles. The van der Waals surface area contributed by atoms with Crippen molar-refractivity contribution < 1.29 is 30.0 Å². The summed E-state index contributed by atoms with van der Waals surface area (Å²) >= 11 is 0. The molecule has 0 fully saturated rings. The van der Waals surface area contributed by atoms with E-state index >= 15 is 0 Å². The second-order valence-electron chi connectivity index (χ2n) is 4.99. The molecule has 6 N–H and O–H groups in total. The van der Waals surface area contributed by atoms with Crippen LogP contribution in [0.4, 0.5) is 0 Å². The van der Waals surface area contributed by atoms with Gasteiger partial charge in [0.05, 0.1) is 6.61 Å². The molecular formula is C11H23NO6. The maximum Gasteiger partial charge on any atom is 0.332 e. The van der Waals surface area contributed by atoms with Crippen molar-refractivity contribution in [2.45, 2.75) is 39.8 Å². The van der Waals surface area contributed by atoms with E-state index in [0.29, 0.717) is 0 Å². The van der Waals surface area contributed by atoms with E-state index in [1.165, 1.54) is 0 Å². The second-order valence-corrected chi connectivity index (χ2v) is 4.99. The highest BCUT2D eigenvalue weighted by atomic mass is 16.4. The average molecular weight is 265 g/mol. The van der Waals surface area contributed by atoms with Gasteiger partial charge in [-0.25, -0.2) is 4.79 Å². The van der Waals surface area contributed by atoms with Gasteiger partial charge in [-0.15, -0.1) is 0 Å². The third-order valence-corrected chi connectivity index (χ3v) is 2.40. The number of carboxylic acids is 2. The highest BCUT2D eigenvalue weighted by Crippen LogP contribution is 2.17. The quantitative estimate of drug-likeness (QED) is 0.451. The Labute approximate surface area is 106 Å². The number of aliphatic hydroxyl groups is 2. The molecule has 0 saturated carbocycles. The summed E-state index contributed by atoms with van der Waals surface area (Å²) in [6.07, 6.45) is -1.21. The molecule has 2 unspecified atom stereocenters. The van der Waals surface area contributed by atoms with E-state index in [1.807, 2.05) is 0 Å². The van der Waals surface area contributed by atoms with Crippen molar-refractivity contribution in [2.75, 3.05) is 6.61 Å². The number of aliphatic hydroxyl groups excluding tert-OH is 2. The van der Waals surface area contributed by atoms with E-state index in [9.17, 15) is 9.59 Å². The van der Waals surface area contributed by atoms with Gasteiger partial charge < -0.3 is 26.2 Å². The van der Waals surface area contributed by atoms with Crippen LogP contribution in [0.2, 0.25) is 0 Å². The third kappa shape index (κ3) is 7.21. The Bertz CT molecular complexity index is 277. The van der Waals surface area contributed by atoms with Crippen molar-refractivity contribution in [1.29, 1.82) is 0 Å². The molecule has 0 aromatic rings. The average Bonchev–Trinajstić information content (AvgIpc) is 2.27. The molecule has 0 aliphatic rings. The van der Waals surface area contributed by atoms with Crippen LogP contribution in [0.3, 0.4) is 0 Å². The lowest BCUT2D eigenvalue weighted by molar-refractivity contribution is -0.148. The van der Waals surface area contributed by atoms with Gasteiger partial charge in [0.2, 0.25) is 0 Å². The molecule has 0 spiro atoms. The van der Waals surface area contributed by atoms with Crippen molar-refractivity contribution in [3.05, 3.63) is 0 Å². The molecular weight excluding hydrogens is 242 g/mol. The first-order chi connectivity index (χ1) is 7.97. The van der Waals surface area contributed by atoms with Gasteiger partial charge >= 0.3 is 11.9 Å². The summed E-state index contributed by atoms with van der Waals surface area (Å²) in [5.74, 6) is -2.44. The van der Waals surface area contributed by atoms with Gasteiger partial charge in [0.25, 0.3) is 0 Å². The van der Waals surface area contributed by atoms with Gasteiger partial charge in [0.15, 0.2) is 6.10 Å². The van der Waals surface area contributed by atoms with Gasteiger partial charge in [-0.05, 0) is 5.92 Å². The van der Waals surface area contributed by atoms with Crippen molar-refractivity contribution in [1.82, 2.24) is 0 Å². The molecule has 0 saturated heterocycles. The van der Waals surface area contributed by atoms with E-state index in [0.717, 1.165) is 0 Å². The van der Waals surface area contributed by atoms with Crippen molar-refractivity contribution in [3.8, 4) is 0 Å². The van der Waals surface area contributed by atoms with E-state index < -0.39 is 29.5 Å². The molecule has 0 aliphatic carbocycles. The number of rotatable bonds is 5. The van der Waals surface area contributed by atoms with Gasteiger partial charge in [-0.3, -0.25) is 4.79 Å². The lowest BCUT2D eigenvalue weighted by atomic mass is 9.86. The molecule has 0 rings (SSSR count). The Hall–Kier alpha value is -1.18. The predicted octanol–water partition coefficient (Wildman–Crippen LogP) is -0.495. The summed E-state index contributed by atoms with van der Waals surface area (Å²) in [4.78, 5) is 20.2. The van der Waals surface area contributed by atoms with Crippen molar-refractivity contribution in [2.24, 2.45) is 17.1 Å². The molecule has 0 aliphatic heterocycles. The minimum atomic E-state index is -1.21. The van der Waals surface area contributed by atoms with Crippen LogP contribution in [-0.4, -0.2) is 51.1 Å². The molecule has 0 amide bonds. The summed E-state index contributed by atoms with van der Waals surface area (Å²) in [6, 6.07) is -1.00. The molecule has 7 heteroatoms. The Kier molecular flexibility index (Phi) is 8.54. The largest absolute Gasteiger partial charge is 0.480 e. The van der Waals surface area contributed by atoms with E-state index in [2.05, 4.69) is 0 Å². The molecule has 18 heavy (non-hydrogen) atoms. The summed E-state index contributed by atoms with van der Waals surface area (Å²) in [5.41, 5.74) is 4.50. The molecule has 0 radical (unpaired) electrons. The number of aliphatic carboxylic acids is 2. The molecule has 108 valence electrons. The van der Waals surface area contributed by atoms with Crippen LogP contribution in [0.25, 0.3) is 0 Å². The standard InChI is InChI=1S/C6H13NO3.C5H10O3/c1-6(2,3-8)4(7)5(9)10;1-3(2)4(6)5(7)8/h4,8H,3,7H2,1-2H3,(H,9,10);3-4,6H,1-2H3,(H,7,8). The predicted molar refractivity (Wildman–Crippen MR) is 65.0 cm³/mol. The zero-order valence-electron chi connectivity index (χ0n) is 11.1. The van der Waals surface area contributed by atoms with Crippen molar-refractivity contribution in [3.63, 3.8) is 0 Å². The third-order valence-electron chi connectivity index (χ3n) is 2.40. The number of nitrogens with two attached hydrogens (primary N) is 1. The number of hydrogen-bond donors (Lipinski definition) is 5. The van der Waals surface area contributed by atoms with E-state index in [4.69, 9.17) is 26.2 Å². The molecule has 0 heterocycles. The minimum absolute atomic E-state index is 0.201. The normalized spacial score (nSPS) is 14.4. The Morgan fingerprint density at radius 2 is 1.56 bits per heavy atom. The summed E-state index contributed by atoms with van der Waals surface area (Å²) in [5, 5.41) is 33.8. The van der Waals surface area contributed by atoms with E-state index in [1.54, 1.807) is 27.7 Å². The number of carboxylic acid groups (broad SMARTS) is 2. The summed E-state index contributed by atoms with van der Waals surface area (Å²) in [6.45, 7) is 6.29. The van der Waals surface area contributed by atoms with Gasteiger partial charge in [0, 0.05) is 5.41 Å². The maximum atomic E-state index is 10.3. The maximum absolute atomic E-state index is 10.3. The molecule has 7 nitrogen and oxygen atoms in total. The summed E-state index contributed by atoms with van der Waals surface area (Å²) in [7, 11) is 0. The topological polar surface area (TPSA) is 141 Å². The molecule has 2 atom stereocenters. The van der Waals surface area contributed by atoms with Crippen LogP contribution in [-0.2, 0) is 9.59 Å². The van der Waals surface area contributed by atoms with Crippen molar-refractivity contribution >= 4 is 11.9 Å². The highest BCUT2D eigenvalue weighted by molar-refractivity contribution is 5.74. The monoisotopic (exact) mass is 265 g/mol. The fourth-order valence-electron chi connectivity index (χ4n) is 0.718. The summed E-state index contributed by atoms with van der Waals surface area (Å²) < 4.78 is 0. The highest BCUT2D eigenvalue weighted by Gasteiger charge is 2.30. The Balaban J connectivity index is 0. The first kappa shape index (κ1) is 19.2. The van der Waals surface area contributed by atoms with Gasteiger partial charge in [-0.1, -0.05) is 27.7 Å². The molecule has 0 bridgehead atoms. The fraction of sp³-hybridized carbons (Fsp3) is 0.818.